The molecule has 0 aliphatic heterocycles. The van der Waals surface area contributed by atoms with Gasteiger partial charge in [0.05, 0.1) is 11.4 Å². The Balaban J connectivity index is 1.66. The van der Waals surface area contributed by atoms with E-state index in [0.29, 0.717) is 11.8 Å². The zero-order valence-corrected chi connectivity index (χ0v) is 12.5. The second-order valence-corrected chi connectivity index (χ2v) is 6.14. The molecule has 1 fully saturated rings. The van der Waals surface area contributed by atoms with Gasteiger partial charge in [0.2, 0.25) is 0 Å². The van der Waals surface area contributed by atoms with Crippen LogP contribution in [0.3, 0.4) is 0 Å². The summed E-state index contributed by atoms with van der Waals surface area (Å²) in [4.78, 5) is 0. The van der Waals surface area contributed by atoms with Crippen molar-refractivity contribution in [1.29, 1.82) is 0 Å². The Labute approximate surface area is 125 Å². The molecular formula is C17H19ClN2. The maximum absolute atomic E-state index is 6.09. The summed E-state index contributed by atoms with van der Waals surface area (Å²) in [6.45, 7) is 1.98. The highest BCUT2D eigenvalue weighted by atomic mass is 35.5. The molecule has 1 heterocycles. The van der Waals surface area contributed by atoms with Crippen LogP contribution >= 0.6 is 11.6 Å². The predicted molar refractivity (Wildman–Crippen MR) is 82.2 cm³/mol. The molecular weight excluding hydrogens is 268 g/mol. The minimum Gasteiger partial charge on any atom is -0.156 e. The number of benzene rings is 1. The molecule has 2 nitrogen and oxygen atoms in total. The van der Waals surface area contributed by atoms with Crippen LogP contribution in [0.25, 0.3) is 0 Å². The summed E-state index contributed by atoms with van der Waals surface area (Å²) in [7, 11) is 0. The minimum atomic E-state index is 0.568. The zero-order chi connectivity index (χ0) is 13.9. The van der Waals surface area contributed by atoms with Crippen LogP contribution in [0.2, 0.25) is 5.02 Å². The maximum atomic E-state index is 6.09. The summed E-state index contributed by atoms with van der Waals surface area (Å²) < 4.78 is 0. The van der Waals surface area contributed by atoms with Gasteiger partial charge < -0.3 is 0 Å². The van der Waals surface area contributed by atoms with Gasteiger partial charge in [-0.2, -0.15) is 10.2 Å². The van der Waals surface area contributed by atoms with Gasteiger partial charge in [-0.15, -0.1) is 0 Å². The van der Waals surface area contributed by atoms with Crippen molar-refractivity contribution >= 4 is 11.6 Å². The van der Waals surface area contributed by atoms with E-state index >= 15 is 0 Å². The summed E-state index contributed by atoms with van der Waals surface area (Å²) >= 11 is 6.09. The number of rotatable bonds is 2. The molecule has 0 saturated heterocycles. The Morgan fingerprint density at radius 3 is 2.35 bits per heavy atom. The molecule has 1 saturated carbocycles. The normalized spacial score (nSPS) is 22.7. The second kappa shape index (κ2) is 5.92. The fraction of sp³-hybridized carbons (Fsp3) is 0.412. The van der Waals surface area contributed by atoms with Crippen LogP contribution in [-0.4, -0.2) is 10.2 Å². The third-order valence-electron chi connectivity index (χ3n) is 4.28. The van der Waals surface area contributed by atoms with E-state index in [9.17, 15) is 0 Å². The lowest BCUT2D eigenvalue weighted by molar-refractivity contribution is 0.389. The van der Waals surface area contributed by atoms with Crippen molar-refractivity contribution in [2.75, 3.05) is 0 Å². The Kier molecular flexibility index (Phi) is 4.02. The fourth-order valence-corrected chi connectivity index (χ4v) is 3.31. The first-order valence-corrected chi connectivity index (χ1v) is 7.66. The molecule has 1 aliphatic carbocycles. The van der Waals surface area contributed by atoms with Gasteiger partial charge in [0.15, 0.2) is 0 Å². The SMILES string of the molecule is Cc1ccc(C2CCC(c3cccc(Cl)c3)CC2)nn1. The van der Waals surface area contributed by atoms with Crippen molar-refractivity contribution in [3.8, 4) is 0 Å². The van der Waals surface area contributed by atoms with Crippen molar-refractivity contribution in [2.24, 2.45) is 0 Å². The van der Waals surface area contributed by atoms with Gasteiger partial charge >= 0.3 is 0 Å². The quantitative estimate of drug-likeness (QED) is 0.786. The molecule has 3 rings (SSSR count). The van der Waals surface area contributed by atoms with Gasteiger partial charge in [0.25, 0.3) is 0 Å². The maximum Gasteiger partial charge on any atom is 0.0662 e. The monoisotopic (exact) mass is 286 g/mol. The van der Waals surface area contributed by atoms with Gasteiger partial charge in [-0.25, -0.2) is 0 Å². The van der Waals surface area contributed by atoms with Crippen molar-refractivity contribution in [2.45, 2.75) is 44.4 Å². The lowest BCUT2D eigenvalue weighted by atomic mass is 9.77. The van der Waals surface area contributed by atoms with Crippen LogP contribution in [0.4, 0.5) is 0 Å². The lowest BCUT2D eigenvalue weighted by Crippen LogP contribution is -2.13. The summed E-state index contributed by atoms with van der Waals surface area (Å²) in [5.41, 5.74) is 3.52. The van der Waals surface area contributed by atoms with E-state index in [1.54, 1.807) is 0 Å². The number of halogens is 1. The van der Waals surface area contributed by atoms with Crippen LogP contribution in [-0.2, 0) is 0 Å². The first kappa shape index (κ1) is 13.6. The summed E-state index contributed by atoms with van der Waals surface area (Å²) in [5, 5.41) is 9.36. The Morgan fingerprint density at radius 1 is 0.950 bits per heavy atom. The molecule has 1 aliphatic rings. The van der Waals surface area contributed by atoms with Crippen LogP contribution < -0.4 is 0 Å². The molecule has 3 heteroatoms. The number of nitrogens with zero attached hydrogens (tertiary/aromatic N) is 2. The first-order valence-electron chi connectivity index (χ1n) is 7.28. The van der Waals surface area contributed by atoms with Gasteiger partial charge in [0, 0.05) is 10.9 Å². The highest BCUT2D eigenvalue weighted by Gasteiger charge is 2.24. The topological polar surface area (TPSA) is 25.8 Å². The van der Waals surface area contributed by atoms with Crippen LogP contribution in [0.1, 0.15) is 54.5 Å². The number of aryl methyl sites for hydroxylation is 1. The van der Waals surface area contributed by atoms with Crippen LogP contribution in [0, 0.1) is 6.92 Å². The molecule has 1 aromatic heterocycles. The van der Waals surface area contributed by atoms with Gasteiger partial charge in [0.1, 0.15) is 0 Å². The van der Waals surface area contributed by atoms with E-state index in [2.05, 4.69) is 40.5 Å². The number of aromatic nitrogens is 2. The molecule has 0 bridgehead atoms. The van der Waals surface area contributed by atoms with Crippen molar-refractivity contribution < 1.29 is 0 Å². The third-order valence-corrected chi connectivity index (χ3v) is 4.52. The predicted octanol–water partition coefficient (Wildman–Crippen LogP) is 4.88. The van der Waals surface area contributed by atoms with Crippen molar-refractivity contribution in [3.63, 3.8) is 0 Å². The van der Waals surface area contributed by atoms with Gasteiger partial charge in [-0.3, -0.25) is 0 Å². The summed E-state index contributed by atoms with van der Waals surface area (Å²) in [5.74, 6) is 1.21. The lowest BCUT2D eigenvalue weighted by Gasteiger charge is -2.28. The van der Waals surface area contributed by atoms with Crippen LogP contribution in [0.15, 0.2) is 36.4 Å². The van der Waals surface area contributed by atoms with E-state index in [1.165, 1.54) is 31.2 Å². The van der Waals surface area contributed by atoms with E-state index in [-0.39, 0.29) is 0 Å². The van der Waals surface area contributed by atoms with Crippen molar-refractivity contribution in [3.05, 3.63) is 58.4 Å². The second-order valence-electron chi connectivity index (χ2n) is 5.70. The molecule has 0 N–H and O–H groups in total. The third kappa shape index (κ3) is 3.01. The molecule has 0 spiro atoms. The van der Waals surface area contributed by atoms with E-state index < -0.39 is 0 Å². The molecule has 1 aromatic carbocycles. The number of hydrogen-bond acceptors (Lipinski definition) is 2. The van der Waals surface area contributed by atoms with E-state index in [4.69, 9.17) is 11.6 Å². The molecule has 0 atom stereocenters. The molecule has 104 valence electrons. The van der Waals surface area contributed by atoms with E-state index in [1.807, 2.05) is 13.0 Å². The first-order chi connectivity index (χ1) is 9.72. The smallest absolute Gasteiger partial charge is 0.0662 e. The largest absolute Gasteiger partial charge is 0.156 e. The molecule has 0 unspecified atom stereocenters. The molecule has 0 radical (unpaired) electrons. The average molecular weight is 287 g/mol. The van der Waals surface area contributed by atoms with Crippen molar-refractivity contribution in [1.82, 2.24) is 10.2 Å². The standard InChI is InChI=1S/C17H19ClN2/c1-12-5-10-17(20-19-12)14-8-6-13(7-9-14)15-3-2-4-16(18)11-15/h2-5,10-11,13-14H,6-9H2,1H3. The highest BCUT2D eigenvalue weighted by Crippen LogP contribution is 2.40. The minimum absolute atomic E-state index is 0.568. The molecule has 2 aromatic rings. The average Bonchev–Trinajstić information content (AvgIpc) is 2.48. The van der Waals surface area contributed by atoms with Crippen LogP contribution in [0.5, 0.6) is 0 Å². The Bertz CT molecular complexity index is 572. The zero-order valence-electron chi connectivity index (χ0n) is 11.7. The molecule has 0 amide bonds. The Morgan fingerprint density at radius 2 is 1.70 bits per heavy atom. The highest BCUT2D eigenvalue weighted by molar-refractivity contribution is 6.30. The summed E-state index contributed by atoms with van der Waals surface area (Å²) in [6, 6.07) is 12.5. The van der Waals surface area contributed by atoms with E-state index in [0.717, 1.165) is 16.4 Å². The van der Waals surface area contributed by atoms with Gasteiger partial charge in [-0.05, 0) is 68.4 Å². The van der Waals surface area contributed by atoms with Gasteiger partial charge in [-0.1, -0.05) is 23.7 Å². The fourth-order valence-electron chi connectivity index (χ4n) is 3.11. The summed E-state index contributed by atoms with van der Waals surface area (Å²) in [6.07, 6.45) is 4.80. The Hall–Kier alpha value is -1.41. The number of hydrogen-bond donors (Lipinski definition) is 0. The molecule has 20 heavy (non-hydrogen) atoms.